The summed E-state index contributed by atoms with van der Waals surface area (Å²) in [6.07, 6.45) is 1.48. The quantitative estimate of drug-likeness (QED) is 0.849. The van der Waals surface area contributed by atoms with Gasteiger partial charge in [-0.3, -0.25) is 0 Å². The molecule has 1 heterocycles. The van der Waals surface area contributed by atoms with Crippen molar-refractivity contribution in [3.8, 4) is 0 Å². The Bertz CT molecular complexity index is 484. The van der Waals surface area contributed by atoms with E-state index in [1.54, 1.807) is 19.2 Å². The van der Waals surface area contributed by atoms with E-state index in [4.69, 9.17) is 0 Å². The molecule has 0 unspecified atom stereocenters. The van der Waals surface area contributed by atoms with Gasteiger partial charge in [0, 0.05) is 19.7 Å². The number of hydrogen-bond acceptors (Lipinski definition) is 4. The zero-order valence-corrected chi connectivity index (χ0v) is 9.44. The van der Waals surface area contributed by atoms with Crippen LogP contribution in [0, 0.1) is 5.82 Å². The zero-order valence-electron chi connectivity index (χ0n) is 9.44. The molecule has 1 aromatic heterocycles. The molecule has 0 fully saturated rings. The molecule has 0 saturated carbocycles. The number of nitrogens with one attached hydrogen (secondary N) is 2. The Morgan fingerprint density at radius 3 is 2.53 bits per heavy atom. The first kappa shape index (κ1) is 11.3. The van der Waals surface area contributed by atoms with Crippen LogP contribution in [0.4, 0.5) is 16.0 Å². The molecule has 5 heteroatoms. The number of aromatic nitrogens is 2. The first-order valence-electron chi connectivity index (χ1n) is 5.26. The number of anilines is 2. The van der Waals surface area contributed by atoms with Crippen molar-refractivity contribution in [2.24, 2.45) is 0 Å². The molecule has 2 aromatic rings. The summed E-state index contributed by atoms with van der Waals surface area (Å²) in [4.78, 5) is 8.10. The van der Waals surface area contributed by atoms with Crippen LogP contribution in [0.3, 0.4) is 0 Å². The van der Waals surface area contributed by atoms with Gasteiger partial charge in [-0.2, -0.15) is 0 Å². The minimum atomic E-state index is -0.228. The molecule has 17 heavy (non-hydrogen) atoms. The van der Waals surface area contributed by atoms with Gasteiger partial charge >= 0.3 is 0 Å². The smallest absolute Gasteiger partial charge is 0.131 e. The predicted octanol–water partition coefficient (Wildman–Crippen LogP) is 2.27. The highest BCUT2D eigenvalue weighted by Gasteiger charge is 1.97. The van der Waals surface area contributed by atoms with Gasteiger partial charge in [-0.15, -0.1) is 0 Å². The maximum absolute atomic E-state index is 12.7. The van der Waals surface area contributed by atoms with Crippen LogP contribution in [0.2, 0.25) is 0 Å². The Labute approximate surface area is 98.9 Å². The molecule has 0 aliphatic rings. The average molecular weight is 232 g/mol. The number of rotatable bonds is 4. The van der Waals surface area contributed by atoms with Gasteiger partial charge in [-0.1, -0.05) is 12.1 Å². The molecule has 88 valence electrons. The highest BCUT2D eigenvalue weighted by Crippen LogP contribution is 2.10. The summed E-state index contributed by atoms with van der Waals surface area (Å²) in [5, 5.41) is 6.07. The van der Waals surface area contributed by atoms with Crippen molar-refractivity contribution in [2.75, 3.05) is 17.7 Å². The molecule has 0 radical (unpaired) electrons. The molecule has 0 atom stereocenters. The lowest BCUT2D eigenvalue weighted by molar-refractivity contribution is 0.627. The van der Waals surface area contributed by atoms with Gasteiger partial charge in [0.05, 0.1) is 0 Å². The van der Waals surface area contributed by atoms with E-state index in [1.165, 1.54) is 18.5 Å². The second-order valence-corrected chi connectivity index (χ2v) is 3.52. The lowest BCUT2D eigenvalue weighted by atomic mass is 10.2. The van der Waals surface area contributed by atoms with Crippen LogP contribution in [0.5, 0.6) is 0 Å². The van der Waals surface area contributed by atoms with Gasteiger partial charge in [0.2, 0.25) is 0 Å². The fourth-order valence-electron chi connectivity index (χ4n) is 1.39. The highest BCUT2D eigenvalue weighted by atomic mass is 19.1. The Kier molecular flexibility index (Phi) is 3.49. The first-order chi connectivity index (χ1) is 8.28. The standard InChI is InChI=1S/C12H13FN4/c1-14-11-6-12(17-8-16-11)15-7-9-2-4-10(13)5-3-9/h2-6,8H,7H2,1H3,(H2,14,15,16,17). The number of hydrogen-bond donors (Lipinski definition) is 2. The Balaban J connectivity index is 1.99. The summed E-state index contributed by atoms with van der Waals surface area (Å²) in [5.41, 5.74) is 0.996. The Hall–Kier alpha value is -2.17. The highest BCUT2D eigenvalue weighted by molar-refractivity contribution is 5.46. The molecule has 2 N–H and O–H groups in total. The molecule has 0 saturated heterocycles. The average Bonchev–Trinajstić information content (AvgIpc) is 2.38. The van der Waals surface area contributed by atoms with E-state index in [0.29, 0.717) is 6.54 Å². The van der Waals surface area contributed by atoms with Crippen LogP contribution < -0.4 is 10.6 Å². The lowest BCUT2D eigenvalue weighted by Gasteiger charge is -2.06. The predicted molar refractivity (Wildman–Crippen MR) is 65.3 cm³/mol. The Morgan fingerprint density at radius 2 is 1.82 bits per heavy atom. The van der Waals surface area contributed by atoms with Crippen LogP contribution in [-0.4, -0.2) is 17.0 Å². The van der Waals surface area contributed by atoms with Crippen molar-refractivity contribution in [3.63, 3.8) is 0 Å². The van der Waals surface area contributed by atoms with Crippen LogP contribution >= 0.6 is 0 Å². The van der Waals surface area contributed by atoms with Crippen LogP contribution in [0.15, 0.2) is 36.7 Å². The Morgan fingerprint density at radius 1 is 1.12 bits per heavy atom. The van der Waals surface area contributed by atoms with E-state index in [1.807, 2.05) is 6.07 Å². The van der Waals surface area contributed by atoms with Gasteiger partial charge in [-0.05, 0) is 17.7 Å². The van der Waals surface area contributed by atoms with Gasteiger partial charge in [0.25, 0.3) is 0 Å². The normalized spacial score (nSPS) is 10.0. The van der Waals surface area contributed by atoms with E-state index in [0.717, 1.165) is 17.2 Å². The number of nitrogens with zero attached hydrogens (tertiary/aromatic N) is 2. The second-order valence-electron chi connectivity index (χ2n) is 3.52. The third-order valence-electron chi connectivity index (χ3n) is 2.31. The van der Waals surface area contributed by atoms with Crippen LogP contribution in [0.1, 0.15) is 5.56 Å². The molecule has 1 aromatic carbocycles. The van der Waals surface area contributed by atoms with E-state index >= 15 is 0 Å². The topological polar surface area (TPSA) is 49.8 Å². The van der Waals surface area contributed by atoms with Gasteiger partial charge in [0.15, 0.2) is 0 Å². The molecule has 0 amide bonds. The van der Waals surface area contributed by atoms with E-state index in [-0.39, 0.29) is 5.82 Å². The summed E-state index contributed by atoms with van der Waals surface area (Å²) in [5.74, 6) is 1.25. The van der Waals surface area contributed by atoms with Crippen LogP contribution in [0.25, 0.3) is 0 Å². The third-order valence-corrected chi connectivity index (χ3v) is 2.31. The molecule has 0 aliphatic carbocycles. The van der Waals surface area contributed by atoms with Crippen molar-refractivity contribution < 1.29 is 4.39 Å². The number of benzene rings is 1. The fourth-order valence-corrected chi connectivity index (χ4v) is 1.39. The molecule has 4 nitrogen and oxygen atoms in total. The minimum absolute atomic E-state index is 0.228. The summed E-state index contributed by atoms with van der Waals surface area (Å²) in [6, 6.07) is 8.17. The summed E-state index contributed by atoms with van der Waals surface area (Å²) in [7, 11) is 1.80. The molecule has 0 aliphatic heterocycles. The van der Waals surface area contributed by atoms with E-state index in [9.17, 15) is 4.39 Å². The summed E-state index contributed by atoms with van der Waals surface area (Å²) in [6.45, 7) is 0.598. The molecule has 2 rings (SSSR count). The third kappa shape index (κ3) is 3.14. The van der Waals surface area contributed by atoms with Crippen molar-refractivity contribution in [2.45, 2.75) is 6.54 Å². The molecule has 0 bridgehead atoms. The molecule has 0 spiro atoms. The van der Waals surface area contributed by atoms with E-state index < -0.39 is 0 Å². The minimum Gasteiger partial charge on any atom is -0.373 e. The lowest BCUT2D eigenvalue weighted by Crippen LogP contribution is -2.03. The summed E-state index contributed by atoms with van der Waals surface area (Å²) >= 11 is 0. The van der Waals surface area contributed by atoms with Crippen molar-refractivity contribution >= 4 is 11.6 Å². The molecular weight excluding hydrogens is 219 g/mol. The van der Waals surface area contributed by atoms with Gasteiger partial charge < -0.3 is 10.6 Å². The monoisotopic (exact) mass is 232 g/mol. The molecular formula is C12H13FN4. The van der Waals surface area contributed by atoms with Gasteiger partial charge in [0.1, 0.15) is 23.8 Å². The number of halogens is 1. The van der Waals surface area contributed by atoms with Gasteiger partial charge in [-0.25, -0.2) is 14.4 Å². The fraction of sp³-hybridized carbons (Fsp3) is 0.167. The van der Waals surface area contributed by atoms with Crippen molar-refractivity contribution in [1.29, 1.82) is 0 Å². The maximum atomic E-state index is 12.7. The SMILES string of the molecule is CNc1cc(NCc2ccc(F)cc2)ncn1. The van der Waals surface area contributed by atoms with Crippen molar-refractivity contribution in [1.82, 2.24) is 9.97 Å². The summed E-state index contributed by atoms with van der Waals surface area (Å²) < 4.78 is 12.7. The largest absolute Gasteiger partial charge is 0.373 e. The van der Waals surface area contributed by atoms with Crippen LogP contribution in [-0.2, 0) is 6.54 Å². The first-order valence-corrected chi connectivity index (χ1v) is 5.26. The second kappa shape index (κ2) is 5.25. The van der Waals surface area contributed by atoms with Crippen molar-refractivity contribution in [3.05, 3.63) is 48.0 Å². The van der Waals surface area contributed by atoms with E-state index in [2.05, 4.69) is 20.6 Å². The zero-order chi connectivity index (χ0) is 12.1. The maximum Gasteiger partial charge on any atom is 0.131 e.